The van der Waals surface area contributed by atoms with Crippen molar-refractivity contribution in [2.24, 2.45) is 12.8 Å². The summed E-state index contributed by atoms with van der Waals surface area (Å²) in [5.41, 5.74) is 9.31. The second kappa shape index (κ2) is 6.21. The van der Waals surface area contributed by atoms with Crippen LogP contribution in [-0.4, -0.2) is 15.8 Å². The number of amides is 2. The van der Waals surface area contributed by atoms with E-state index in [4.69, 9.17) is 5.73 Å². The van der Waals surface area contributed by atoms with Crippen molar-refractivity contribution in [3.05, 3.63) is 47.3 Å². The Morgan fingerprint density at radius 1 is 1.45 bits per heavy atom. The zero-order valence-electron chi connectivity index (χ0n) is 11.7. The highest BCUT2D eigenvalue weighted by Gasteiger charge is 2.06. The van der Waals surface area contributed by atoms with Gasteiger partial charge in [-0.25, -0.2) is 4.79 Å². The van der Waals surface area contributed by atoms with Gasteiger partial charge in [-0.15, -0.1) is 0 Å². The standard InChI is InChI=1S/C14H19N5O/c1-10-12(9-17-19(10)2)8-16-14(20)18-13-5-3-4-11(6-13)7-15/h3-6,9H,7-8,15H2,1-2H3,(H2,16,18,20). The van der Waals surface area contributed by atoms with Crippen molar-refractivity contribution in [3.8, 4) is 0 Å². The molecule has 0 saturated heterocycles. The quantitative estimate of drug-likeness (QED) is 0.789. The number of anilines is 1. The number of nitrogens with one attached hydrogen (secondary N) is 2. The minimum Gasteiger partial charge on any atom is -0.334 e. The zero-order chi connectivity index (χ0) is 14.5. The van der Waals surface area contributed by atoms with Crippen LogP contribution in [0.4, 0.5) is 10.5 Å². The molecule has 0 radical (unpaired) electrons. The van der Waals surface area contributed by atoms with E-state index in [0.717, 1.165) is 22.5 Å². The molecule has 0 unspecified atom stereocenters. The van der Waals surface area contributed by atoms with Gasteiger partial charge in [0.05, 0.1) is 6.20 Å². The number of urea groups is 1. The van der Waals surface area contributed by atoms with Crippen molar-refractivity contribution in [1.82, 2.24) is 15.1 Å². The van der Waals surface area contributed by atoms with Gasteiger partial charge in [0.15, 0.2) is 0 Å². The van der Waals surface area contributed by atoms with Crippen molar-refractivity contribution in [2.45, 2.75) is 20.0 Å². The number of rotatable bonds is 4. The number of nitrogens with two attached hydrogens (primary N) is 1. The van der Waals surface area contributed by atoms with Crippen LogP contribution in [0, 0.1) is 6.92 Å². The summed E-state index contributed by atoms with van der Waals surface area (Å²) in [6, 6.07) is 7.22. The van der Waals surface area contributed by atoms with Crippen molar-refractivity contribution in [1.29, 1.82) is 0 Å². The van der Waals surface area contributed by atoms with Gasteiger partial charge in [0, 0.05) is 37.1 Å². The largest absolute Gasteiger partial charge is 0.334 e. The molecule has 1 aromatic carbocycles. The Morgan fingerprint density at radius 2 is 2.25 bits per heavy atom. The highest BCUT2D eigenvalue weighted by atomic mass is 16.2. The molecule has 0 saturated carbocycles. The van der Waals surface area contributed by atoms with Crippen LogP contribution in [0.2, 0.25) is 0 Å². The van der Waals surface area contributed by atoms with Gasteiger partial charge in [0.1, 0.15) is 0 Å². The molecule has 20 heavy (non-hydrogen) atoms. The van der Waals surface area contributed by atoms with E-state index in [0.29, 0.717) is 13.1 Å². The summed E-state index contributed by atoms with van der Waals surface area (Å²) in [6.45, 7) is 2.86. The van der Waals surface area contributed by atoms with E-state index in [1.54, 1.807) is 10.9 Å². The van der Waals surface area contributed by atoms with Gasteiger partial charge in [-0.1, -0.05) is 12.1 Å². The first-order chi connectivity index (χ1) is 9.60. The summed E-state index contributed by atoms with van der Waals surface area (Å²) in [6.07, 6.45) is 1.75. The SMILES string of the molecule is Cc1c(CNC(=O)Nc2cccc(CN)c2)cnn1C. The maximum Gasteiger partial charge on any atom is 0.319 e. The number of benzene rings is 1. The Balaban J connectivity index is 1.90. The fourth-order valence-electron chi connectivity index (χ4n) is 1.84. The predicted octanol–water partition coefficient (Wildman–Crippen LogP) is 1.51. The third kappa shape index (κ3) is 3.36. The van der Waals surface area contributed by atoms with Gasteiger partial charge in [-0.3, -0.25) is 4.68 Å². The van der Waals surface area contributed by atoms with Crippen LogP contribution >= 0.6 is 0 Å². The van der Waals surface area contributed by atoms with Crippen LogP contribution < -0.4 is 16.4 Å². The van der Waals surface area contributed by atoms with E-state index in [1.807, 2.05) is 38.2 Å². The van der Waals surface area contributed by atoms with Gasteiger partial charge in [-0.05, 0) is 24.6 Å². The fourth-order valence-corrected chi connectivity index (χ4v) is 1.84. The lowest BCUT2D eigenvalue weighted by molar-refractivity contribution is 0.251. The number of aryl methyl sites for hydroxylation is 1. The third-order valence-corrected chi connectivity index (χ3v) is 3.20. The molecule has 0 spiro atoms. The van der Waals surface area contributed by atoms with E-state index in [1.165, 1.54) is 0 Å². The molecule has 1 aromatic heterocycles. The maximum absolute atomic E-state index is 11.8. The third-order valence-electron chi connectivity index (χ3n) is 3.20. The van der Waals surface area contributed by atoms with E-state index in [-0.39, 0.29) is 6.03 Å². The van der Waals surface area contributed by atoms with Crippen LogP contribution in [0.5, 0.6) is 0 Å². The van der Waals surface area contributed by atoms with Crippen molar-refractivity contribution >= 4 is 11.7 Å². The number of carbonyl (C=O) groups is 1. The lowest BCUT2D eigenvalue weighted by atomic mass is 10.2. The van der Waals surface area contributed by atoms with E-state index in [9.17, 15) is 4.79 Å². The molecule has 6 nitrogen and oxygen atoms in total. The van der Waals surface area contributed by atoms with Crippen LogP contribution in [0.25, 0.3) is 0 Å². The molecule has 2 amide bonds. The summed E-state index contributed by atoms with van der Waals surface area (Å²) in [4.78, 5) is 11.8. The van der Waals surface area contributed by atoms with Crippen molar-refractivity contribution in [3.63, 3.8) is 0 Å². The molecule has 0 aliphatic rings. The predicted molar refractivity (Wildman–Crippen MR) is 78.1 cm³/mol. The fraction of sp³-hybridized carbons (Fsp3) is 0.286. The molecule has 6 heteroatoms. The summed E-state index contributed by atoms with van der Waals surface area (Å²) in [5, 5.41) is 9.72. The number of hydrogen-bond donors (Lipinski definition) is 3. The normalized spacial score (nSPS) is 10.3. The molecule has 0 aliphatic carbocycles. The monoisotopic (exact) mass is 273 g/mol. The smallest absolute Gasteiger partial charge is 0.319 e. The topological polar surface area (TPSA) is 85.0 Å². The minimum atomic E-state index is -0.248. The molecule has 0 atom stereocenters. The van der Waals surface area contributed by atoms with Crippen molar-refractivity contribution < 1.29 is 4.79 Å². The molecule has 0 fully saturated rings. The number of hydrogen-bond acceptors (Lipinski definition) is 3. The first-order valence-electron chi connectivity index (χ1n) is 6.41. The summed E-state index contributed by atoms with van der Waals surface area (Å²) in [5.74, 6) is 0. The Bertz CT molecular complexity index is 605. The Hall–Kier alpha value is -2.34. The van der Waals surface area contributed by atoms with Crippen LogP contribution in [0.1, 0.15) is 16.8 Å². The van der Waals surface area contributed by atoms with E-state index in [2.05, 4.69) is 15.7 Å². The number of aromatic nitrogens is 2. The highest BCUT2D eigenvalue weighted by molar-refractivity contribution is 5.89. The second-order valence-corrected chi connectivity index (χ2v) is 4.59. The molecule has 4 N–H and O–H groups in total. The summed E-state index contributed by atoms with van der Waals surface area (Å²) in [7, 11) is 1.87. The van der Waals surface area contributed by atoms with Gasteiger partial charge >= 0.3 is 6.03 Å². The second-order valence-electron chi connectivity index (χ2n) is 4.59. The average Bonchev–Trinajstić information content (AvgIpc) is 2.77. The van der Waals surface area contributed by atoms with Crippen LogP contribution in [0.15, 0.2) is 30.5 Å². The van der Waals surface area contributed by atoms with Crippen LogP contribution in [-0.2, 0) is 20.1 Å². The molecular formula is C14H19N5O. The molecule has 106 valence electrons. The summed E-state index contributed by atoms with van der Waals surface area (Å²) < 4.78 is 1.78. The van der Waals surface area contributed by atoms with Gasteiger partial charge in [0.25, 0.3) is 0 Å². The lowest BCUT2D eigenvalue weighted by Crippen LogP contribution is -2.28. The molecule has 2 aromatic rings. The van der Waals surface area contributed by atoms with E-state index < -0.39 is 0 Å². The number of carbonyl (C=O) groups excluding carboxylic acids is 1. The number of nitrogens with zero attached hydrogens (tertiary/aromatic N) is 2. The Kier molecular flexibility index (Phi) is 4.37. The lowest BCUT2D eigenvalue weighted by Gasteiger charge is -2.08. The van der Waals surface area contributed by atoms with Gasteiger partial charge in [-0.2, -0.15) is 5.10 Å². The molecule has 2 rings (SSSR count). The van der Waals surface area contributed by atoms with E-state index >= 15 is 0 Å². The average molecular weight is 273 g/mol. The van der Waals surface area contributed by atoms with Gasteiger partial charge < -0.3 is 16.4 Å². The molecule has 1 heterocycles. The zero-order valence-corrected chi connectivity index (χ0v) is 11.7. The minimum absolute atomic E-state index is 0.248. The molecular weight excluding hydrogens is 254 g/mol. The van der Waals surface area contributed by atoms with Crippen LogP contribution in [0.3, 0.4) is 0 Å². The maximum atomic E-state index is 11.8. The summed E-state index contributed by atoms with van der Waals surface area (Å²) >= 11 is 0. The first-order valence-corrected chi connectivity index (χ1v) is 6.41. The Morgan fingerprint density at radius 3 is 2.90 bits per heavy atom. The first kappa shape index (κ1) is 14.1. The Labute approximate surface area is 118 Å². The highest BCUT2D eigenvalue weighted by Crippen LogP contribution is 2.10. The molecule has 0 aliphatic heterocycles. The van der Waals surface area contributed by atoms with Crippen molar-refractivity contribution in [2.75, 3.05) is 5.32 Å². The molecule has 0 bridgehead atoms. The van der Waals surface area contributed by atoms with Gasteiger partial charge in [0.2, 0.25) is 0 Å².